The minimum Gasteiger partial charge on any atom is -0.337 e. The summed E-state index contributed by atoms with van der Waals surface area (Å²) >= 11 is 1.84. The van der Waals surface area contributed by atoms with E-state index in [0.717, 1.165) is 6.54 Å². The Balaban J connectivity index is 1.76. The van der Waals surface area contributed by atoms with Gasteiger partial charge in [-0.3, -0.25) is 0 Å². The lowest BCUT2D eigenvalue weighted by Gasteiger charge is -1.99. The van der Waals surface area contributed by atoms with Gasteiger partial charge in [0.1, 0.15) is 0 Å². The van der Waals surface area contributed by atoms with Crippen molar-refractivity contribution in [1.29, 1.82) is 0 Å². The first kappa shape index (κ1) is 8.51. The van der Waals surface area contributed by atoms with Crippen molar-refractivity contribution in [2.45, 2.75) is 19.4 Å². The highest BCUT2D eigenvalue weighted by Crippen LogP contribution is 2.11. The second-order valence-electron chi connectivity index (χ2n) is 2.98. The zero-order chi connectivity index (χ0) is 8.93. The average molecular weight is 192 g/mol. The summed E-state index contributed by atoms with van der Waals surface area (Å²) < 4.78 is 2.12. The van der Waals surface area contributed by atoms with E-state index < -0.39 is 0 Å². The van der Waals surface area contributed by atoms with Crippen molar-refractivity contribution in [3.05, 3.63) is 41.1 Å². The molecule has 0 fully saturated rings. The van der Waals surface area contributed by atoms with Gasteiger partial charge in [0.05, 0.1) is 6.33 Å². The summed E-state index contributed by atoms with van der Waals surface area (Å²) in [4.78, 5) is 5.48. The maximum atomic E-state index is 4.00. The Morgan fingerprint density at radius 3 is 3.15 bits per heavy atom. The minimum absolute atomic E-state index is 1.07. The molecule has 0 radical (unpaired) electrons. The molecule has 2 rings (SSSR count). The highest BCUT2D eigenvalue weighted by Gasteiger charge is 1.94. The van der Waals surface area contributed by atoms with E-state index in [1.54, 1.807) is 0 Å². The molecular formula is C10H12N2S. The van der Waals surface area contributed by atoms with Gasteiger partial charge in [-0.2, -0.15) is 0 Å². The van der Waals surface area contributed by atoms with Gasteiger partial charge >= 0.3 is 0 Å². The molecule has 0 unspecified atom stereocenters. The van der Waals surface area contributed by atoms with Crippen LogP contribution in [0.2, 0.25) is 0 Å². The molecule has 0 N–H and O–H groups in total. The molecule has 0 aliphatic rings. The minimum atomic E-state index is 1.07. The summed E-state index contributed by atoms with van der Waals surface area (Å²) in [7, 11) is 0. The van der Waals surface area contributed by atoms with E-state index in [2.05, 4.69) is 27.1 Å². The Labute approximate surface area is 81.9 Å². The van der Waals surface area contributed by atoms with E-state index in [4.69, 9.17) is 0 Å². The highest BCUT2D eigenvalue weighted by atomic mass is 32.1. The van der Waals surface area contributed by atoms with Crippen molar-refractivity contribution in [2.24, 2.45) is 0 Å². The van der Waals surface area contributed by atoms with Gasteiger partial charge in [-0.25, -0.2) is 4.98 Å². The summed E-state index contributed by atoms with van der Waals surface area (Å²) in [6, 6.07) is 4.30. The summed E-state index contributed by atoms with van der Waals surface area (Å²) in [5, 5.41) is 2.13. The Morgan fingerprint density at radius 2 is 2.46 bits per heavy atom. The van der Waals surface area contributed by atoms with Gasteiger partial charge in [-0.1, -0.05) is 6.07 Å². The van der Waals surface area contributed by atoms with Gasteiger partial charge in [-0.05, 0) is 24.3 Å². The molecule has 68 valence electrons. The molecule has 0 amide bonds. The lowest BCUT2D eigenvalue weighted by atomic mass is 10.2. The van der Waals surface area contributed by atoms with Crippen molar-refractivity contribution < 1.29 is 0 Å². The first-order valence-electron chi connectivity index (χ1n) is 4.43. The molecule has 0 aromatic carbocycles. The third-order valence-corrected chi connectivity index (χ3v) is 2.91. The number of aromatic nitrogens is 2. The first-order chi connectivity index (χ1) is 6.45. The van der Waals surface area contributed by atoms with Gasteiger partial charge < -0.3 is 4.57 Å². The lowest BCUT2D eigenvalue weighted by Crippen LogP contribution is -1.95. The fraction of sp³-hybridized carbons (Fsp3) is 0.300. The van der Waals surface area contributed by atoms with Crippen LogP contribution in [0.3, 0.4) is 0 Å². The normalized spacial score (nSPS) is 10.5. The summed E-state index contributed by atoms with van der Waals surface area (Å²) in [6.07, 6.45) is 8.07. The molecule has 2 nitrogen and oxygen atoms in total. The first-order valence-corrected chi connectivity index (χ1v) is 5.31. The molecule has 0 saturated carbocycles. The van der Waals surface area contributed by atoms with E-state index in [1.165, 1.54) is 17.7 Å². The fourth-order valence-electron chi connectivity index (χ4n) is 1.31. The maximum absolute atomic E-state index is 4.00. The molecule has 0 aliphatic heterocycles. The van der Waals surface area contributed by atoms with Crippen LogP contribution in [0, 0.1) is 0 Å². The van der Waals surface area contributed by atoms with E-state index in [0.29, 0.717) is 0 Å². The topological polar surface area (TPSA) is 17.8 Å². The molecule has 0 aliphatic carbocycles. The number of thiophene rings is 1. The molecule has 13 heavy (non-hydrogen) atoms. The van der Waals surface area contributed by atoms with Gasteiger partial charge in [0.15, 0.2) is 0 Å². The SMILES string of the molecule is c1csc(CCCn2ccnc2)c1. The molecule has 3 heteroatoms. The number of rotatable bonds is 4. The van der Waals surface area contributed by atoms with E-state index in [1.807, 2.05) is 30.1 Å². The molecule has 0 spiro atoms. The van der Waals surface area contributed by atoms with Crippen LogP contribution in [0.1, 0.15) is 11.3 Å². The molecule has 0 bridgehead atoms. The Kier molecular flexibility index (Phi) is 2.77. The highest BCUT2D eigenvalue weighted by molar-refractivity contribution is 7.09. The monoisotopic (exact) mass is 192 g/mol. The fourth-order valence-corrected chi connectivity index (χ4v) is 2.06. The van der Waals surface area contributed by atoms with Crippen molar-refractivity contribution in [3.63, 3.8) is 0 Å². The number of aryl methyl sites for hydroxylation is 2. The second-order valence-corrected chi connectivity index (χ2v) is 4.02. The van der Waals surface area contributed by atoms with Crippen LogP contribution in [-0.4, -0.2) is 9.55 Å². The van der Waals surface area contributed by atoms with Crippen molar-refractivity contribution in [2.75, 3.05) is 0 Å². The number of nitrogens with zero attached hydrogens (tertiary/aromatic N) is 2. The lowest BCUT2D eigenvalue weighted by molar-refractivity contribution is 0.645. The molecule has 2 aromatic rings. The van der Waals surface area contributed by atoms with Crippen LogP contribution in [0.5, 0.6) is 0 Å². The van der Waals surface area contributed by atoms with Crippen LogP contribution >= 0.6 is 11.3 Å². The Morgan fingerprint density at radius 1 is 1.46 bits per heavy atom. The number of imidazole rings is 1. The smallest absolute Gasteiger partial charge is 0.0945 e. The van der Waals surface area contributed by atoms with Gasteiger partial charge in [0.2, 0.25) is 0 Å². The molecule has 2 heterocycles. The third kappa shape index (κ3) is 2.42. The van der Waals surface area contributed by atoms with Crippen molar-refractivity contribution >= 4 is 11.3 Å². The van der Waals surface area contributed by atoms with Crippen LogP contribution in [-0.2, 0) is 13.0 Å². The quantitative estimate of drug-likeness (QED) is 0.728. The van der Waals surface area contributed by atoms with E-state index in [-0.39, 0.29) is 0 Å². The predicted molar refractivity (Wildman–Crippen MR) is 54.9 cm³/mol. The van der Waals surface area contributed by atoms with Crippen LogP contribution in [0.4, 0.5) is 0 Å². The second kappa shape index (κ2) is 4.23. The van der Waals surface area contributed by atoms with Gasteiger partial charge in [-0.15, -0.1) is 11.3 Å². The third-order valence-electron chi connectivity index (χ3n) is 1.98. The summed E-state index contributed by atoms with van der Waals surface area (Å²) in [6.45, 7) is 1.07. The van der Waals surface area contributed by atoms with Crippen LogP contribution < -0.4 is 0 Å². The summed E-state index contributed by atoms with van der Waals surface area (Å²) in [5.74, 6) is 0. The van der Waals surface area contributed by atoms with E-state index >= 15 is 0 Å². The molecule has 2 aromatic heterocycles. The van der Waals surface area contributed by atoms with Gasteiger partial charge in [0.25, 0.3) is 0 Å². The maximum Gasteiger partial charge on any atom is 0.0945 e. The predicted octanol–water partition coefficient (Wildman–Crippen LogP) is 2.58. The van der Waals surface area contributed by atoms with E-state index in [9.17, 15) is 0 Å². The zero-order valence-corrected chi connectivity index (χ0v) is 8.20. The Bertz CT molecular complexity index is 289. The standard InChI is InChI=1S/C10H12N2S/c1(3-10-4-2-8-13-10)6-12-7-5-11-9-12/h2,4-5,7-9H,1,3,6H2. The van der Waals surface area contributed by atoms with Crippen LogP contribution in [0.25, 0.3) is 0 Å². The number of hydrogen-bond acceptors (Lipinski definition) is 2. The largest absolute Gasteiger partial charge is 0.337 e. The Hall–Kier alpha value is -1.09. The van der Waals surface area contributed by atoms with Crippen molar-refractivity contribution in [3.8, 4) is 0 Å². The zero-order valence-electron chi connectivity index (χ0n) is 7.39. The summed E-state index contributed by atoms with van der Waals surface area (Å²) in [5.41, 5.74) is 0. The van der Waals surface area contributed by atoms with Gasteiger partial charge in [0, 0.05) is 23.8 Å². The molecular weight excluding hydrogens is 180 g/mol. The van der Waals surface area contributed by atoms with Crippen LogP contribution in [0.15, 0.2) is 36.2 Å². The van der Waals surface area contributed by atoms with Crippen molar-refractivity contribution in [1.82, 2.24) is 9.55 Å². The molecule has 0 saturated heterocycles. The molecule has 0 atom stereocenters. The average Bonchev–Trinajstić information content (AvgIpc) is 2.75. The number of hydrogen-bond donors (Lipinski definition) is 0.